The van der Waals surface area contributed by atoms with Gasteiger partial charge in [-0.1, -0.05) is 24.3 Å². The Morgan fingerprint density at radius 3 is 2.56 bits per heavy atom. The van der Waals surface area contributed by atoms with Gasteiger partial charge in [-0.2, -0.15) is 5.26 Å². The largest absolute Gasteiger partial charge is 0.497 e. The van der Waals surface area contributed by atoms with Gasteiger partial charge in [0, 0.05) is 12.4 Å². The van der Waals surface area contributed by atoms with Gasteiger partial charge in [0.25, 0.3) is 5.56 Å². The highest BCUT2D eigenvalue weighted by Crippen LogP contribution is 2.43. The number of ether oxygens (including phenoxy) is 2. The maximum atomic E-state index is 13.2. The van der Waals surface area contributed by atoms with Crippen LogP contribution < -0.4 is 20.8 Å². The number of rotatable bonds is 2. The van der Waals surface area contributed by atoms with Crippen LogP contribution in [-0.2, 0) is 7.05 Å². The molecule has 1 aliphatic rings. The van der Waals surface area contributed by atoms with Crippen molar-refractivity contribution in [1.29, 1.82) is 5.26 Å². The van der Waals surface area contributed by atoms with Crippen molar-refractivity contribution in [2.75, 3.05) is 7.11 Å². The van der Waals surface area contributed by atoms with Crippen molar-refractivity contribution in [3.05, 3.63) is 81.5 Å². The molecule has 0 bridgehead atoms. The smallest absolute Gasteiger partial charge is 0.258 e. The van der Waals surface area contributed by atoms with E-state index in [-0.39, 0.29) is 17.0 Å². The number of hydrogen-bond donors (Lipinski definition) is 1. The van der Waals surface area contributed by atoms with E-state index < -0.39 is 5.92 Å². The van der Waals surface area contributed by atoms with Gasteiger partial charge < -0.3 is 19.8 Å². The Morgan fingerprint density at radius 2 is 1.89 bits per heavy atom. The Labute approximate surface area is 155 Å². The molecular weight excluding hydrogens is 342 g/mol. The van der Waals surface area contributed by atoms with Crippen LogP contribution in [0.1, 0.15) is 17.0 Å². The second-order valence-electron chi connectivity index (χ2n) is 6.32. The number of hydrogen-bond acceptors (Lipinski definition) is 5. The molecular formula is C21H17N3O3. The number of aryl methyl sites for hydroxylation is 1. The molecule has 1 unspecified atom stereocenters. The number of pyridine rings is 1. The predicted octanol–water partition coefficient (Wildman–Crippen LogP) is 2.77. The lowest BCUT2D eigenvalue weighted by Crippen LogP contribution is -2.31. The van der Waals surface area contributed by atoms with Gasteiger partial charge in [0.05, 0.1) is 24.1 Å². The van der Waals surface area contributed by atoms with Crippen molar-refractivity contribution in [2.45, 2.75) is 5.92 Å². The molecule has 2 heterocycles. The summed E-state index contributed by atoms with van der Waals surface area (Å²) < 4.78 is 12.6. The number of nitrogens with two attached hydrogens (primary N) is 1. The van der Waals surface area contributed by atoms with Gasteiger partial charge in [-0.05, 0) is 29.8 Å². The Hall–Kier alpha value is -3.72. The molecule has 0 amide bonds. The van der Waals surface area contributed by atoms with Crippen LogP contribution in [0.4, 0.5) is 0 Å². The lowest BCUT2D eigenvalue weighted by Gasteiger charge is -2.27. The van der Waals surface area contributed by atoms with Gasteiger partial charge >= 0.3 is 0 Å². The monoisotopic (exact) mass is 359 g/mol. The molecule has 0 saturated carbocycles. The van der Waals surface area contributed by atoms with Crippen molar-refractivity contribution >= 4 is 10.9 Å². The highest BCUT2D eigenvalue weighted by Gasteiger charge is 2.35. The van der Waals surface area contributed by atoms with Gasteiger partial charge in [-0.3, -0.25) is 4.79 Å². The van der Waals surface area contributed by atoms with E-state index in [1.165, 1.54) is 0 Å². The zero-order valence-corrected chi connectivity index (χ0v) is 14.9. The average molecular weight is 359 g/mol. The van der Waals surface area contributed by atoms with Crippen molar-refractivity contribution in [3.63, 3.8) is 0 Å². The first kappa shape index (κ1) is 16.7. The van der Waals surface area contributed by atoms with E-state index in [1.807, 2.05) is 36.4 Å². The Morgan fingerprint density at radius 1 is 1.19 bits per heavy atom. The fourth-order valence-corrected chi connectivity index (χ4v) is 3.56. The summed E-state index contributed by atoms with van der Waals surface area (Å²) in [6.07, 6.45) is 0. The number of nitrogens with zero attached hydrogens (tertiary/aromatic N) is 2. The summed E-state index contributed by atoms with van der Waals surface area (Å²) in [5, 5.41) is 10.5. The maximum absolute atomic E-state index is 13.2. The topological polar surface area (TPSA) is 90.3 Å². The summed E-state index contributed by atoms with van der Waals surface area (Å²) in [6.45, 7) is 0. The lowest BCUT2D eigenvalue weighted by atomic mass is 9.83. The molecule has 6 heteroatoms. The molecule has 2 N–H and O–H groups in total. The van der Waals surface area contributed by atoms with Crippen molar-refractivity contribution in [2.24, 2.45) is 12.8 Å². The number of nitriles is 1. The molecule has 1 aliphatic heterocycles. The standard InChI is InChI=1S/C21H17N3O3/c1-24-16-6-4-3-5-14(16)19-18(21(24)25)17(15(11-22)20(23)27-19)12-7-9-13(26-2)10-8-12/h3-10,17H,23H2,1-2H3. The van der Waals surface area contributed by atoms with Gasteiger partial charge in [0.1, 0.15) is 23.1 Å². The van der Waals surface area contributed by atoms with Gasteiger partial charge in [-0.15, -0.1) is 0 Å². The fraction of sp³-hybridized carbons (Fsp3) is 0.143. The predicted molar refractivity (Wildman–Crippen MR) is 101 cm³/mol. The lowest BCUT2D eigenvalue weighted by molar-refractivity contribution is 0.395. The summed E-state index contributed by atoms with van der Waals surface area (Å²) in [5.74, 6) is 0.510. The summed E-state index contributed by atoms with van der Waals surface area (Å²) in [6, 6.07) is 16.8. The van der Waals surface area contributed by atoms with E-state index in [2.05, 4.69) is 6.07 Å². The number of benzene rings is 2. The minimum absolute atomic E-state index is 0.0178. The molecule has 1 aromatic heterocycles. The third-order valence-electron chi connectivity index (χ3n) is 4.91. The number of methoxy groups -OCH3 is 1. The molecule has 0 aliphatic carbocycles. The number of aromatic nitrogens is 1. The highest BCUT2D eigenvalue weighted by atomic mass is 16.5. The number of para-hydroxylation sites is 1. The van der Waals surface area contributed by atoms with Gasteiger partial charge in [0.15, 0.2) is 0 Å². The molecule has 4 rings (SSSR count). The van der Waals surface area contributed by atoms with E-state index in [1.54, 1.807) is 30.9 Å². The van der Waals surface area contributed by atoms with Gasteiger partial charge in [-0.25, -0.2) is 0 Å². The van der Waals surface area contributed by atoms with Gasteiger partial charge in [0.2, 0.25) is 5.88 Å². The highest BCUT2D eigenvalue weighted by molar-refractivity contribution is 5.88. The fourth-order valence-electron chi connectivity index (χ4n) is 3.56. The Bertz CT molecular complexity index is 1180. The first-order valence-corrected chi connectivity index (χ1v) is 8.40. The molecule has 0 radical (unpaired) electrons. The second kappa shape index (κ2) is 6.22. The summed E-state index contributed by atoms with van der Waals surface area (Å²) >= 11 is 0. The average Bonchev–Trinajstić information content (AvgIpc) is 2.71. The maximum Gasteiger partial charge on any atom is 0.258 e. The van der Waals surface area contributed by atoms with Crippen molar-refractivity contribution in [1.82, 2.24) is 4.57 Å². The Balaban J connectivity index is 2.07. The SMILES string of the molecule is COc1ccc(C2C(C#N)=C(N)Oc3c2c(=O)n(C)c2ccccc32)cc1. The van der Waals surface area contributed by atoms with E-state index in [4.69, 9.17) is 15.2 Å². The van der Waals surface area contributed by atoms with E-state index in [0.717, 1.165) is 16.5 Å². The molecule has 3 aromatic rings. The molecule has 0 saturated heterocycles. The molecule has 27 heavy (non-hydrogen) atoms. The van der Waals surface area contributed by atoms with E-state index >= 15 is 0 Å². The molecule has 0 spiro atoms. The van der Waals surface area contributed by atoms with E-state index in [9.17, 15) is 10.1 Å². The third kappa shape index (κ3) is 2.44. The second-order valence-corrected chi connectivity index (χ2v) is 6.32. The minimum atomic E-state index is -0.604. The van der Waals surface area contributed by atoms with Crippen LogP contribution in [0.15, 0.2) is 64.8 Å². The van der Waals surface area contributed by atoms with Crippen LogP contribution in [0.2, 0.25) is 0 Å². The minimum Gasteiger partial charge on any atom is -0.497 e. The molecule has 2 aromatic carbocycles. The van der Waals surface area contributed by atoms with E-state index in [0.29, 0.717) is 17.1 Å². The Kier molecular flexibility index (Phi) is 3.85. The van der Waals surface area contributed by atoms with Crippen LogP contribution in [-0.4, -0.2) is 11.7 Å². The van der Waals surface area contributed by atoms with Crippen LogP contribution in [0.5, 0.6) is 11.5 Å². The van der Waals surface area contributed by atoms with Crippen molar-refractivity contribution < 1.29 is 9.47 Å². The molecule has 1 atom stereocenters. The summed E-state index contributed by atoms with van der Waals surface area (Å²) in [7, 11) is 3.29. The van der Waals surface area contributed by atoms with Crippen LogP contribution >= 0.6 is 0 Å². The molecule has 6 nitrogen and oxygen atoms in total. The number of allylic oxidation sites excluding steroid dienone is 1. The number of fused-ring (bicyclic) bond motifs is 3. The first-order chi connectivity index (χ1) is 13.1. The zero-order valence-electron chi connectivity index (χ0n) is 14.9. The van der Waals surface area contributed by atoms with Crippen LogP contribution in [0, 0.1) is 11.3 Å². The zero-order chi connectivity index (χ0) is 19.1. The van der Waals surface area contributed by atoms with Crippen molar-refractivity contribution in [3.8, 4) is 17.6 Å². The first-order valence-electron chi connectivity index (χ1n) is 8.40. The molecule has 134 valence electrons. The normalized spacial score (nSPS) is 15.8. The van der Waals surface area contributed by atoms with Crippen LogP contribution in [0.3, 0.4) is 0 Å². The summed E-state index contributed by atoms with van der Waals surface area (Å²) in [4.78, 5) is 13.2. The molecule has 0 fully saturated rings. The quantitative estimate of drug-likeness (QED) is 0.760. The third-order valence-corrected chi connectivity index (χ3v) is 4.91. The summed E-state index contributed by atoms with van der Waals surface area (Å²) in [5.41, 5.74) is 7.99. The van der Waals surface area contributed by atoms with Crippen LogP contribution in [0.25, 0.3) is 10.9 Å².